The maximum Gasteiger partial charge on any atom is 0.334 e. The lowest BCUT2D eigenvalue weighted by molar-refractivity contribution is -0.154. The first-order chi connectivity index (χ1) is 13.9. The van der Waals surface area contributed by atoms with Crippen LogP contribution in [0.2, 0.25) is 0 Å². The number of rotatable bonds is 7. The molecule has 1 aliphatic rings. The van der Waals surface area contributed by atoms with Crippen LogP contribution in [0.4, 0.5) is 4.79 Å². The summed E-state index contributed by atoms with van der Waals surface area (Å²) in [6.45, 7) is 3.74. The van der Waals surface area contributed by atoms with Gasteiger partial charge in [-0.1, -0.05) is 74.5 Å². The SMILES string of the molecule is CC(C)CC(=O)C1C(=O)N(Cc2ccccc2)C(=O)N(Cc2ccccc2)C1=O. The summed E-state index contributed by atoms with van der Waals surface area (Å²) >= 11 is 0. The van der Waals surface area contributed by atoms with Crippen molar-refractivity contribution < 1.29 is 19.2 Å². The standard InChI is InChI=1S/C23H24N2O4/c1-16(2)13-19(26)20-21(27)24(14-17-9-5-3-6-10-17)23(29)25(22(20)28)15-18-11-7-4-8-12-18/h3-12,16,20H,13-15H2,1-2H3. The monoisotopic (exact) mass is 392 g/mol. The van der Waals surface area contributed by atoms with Crippen molar-refractivity contribution in [2.24, 2.45) is 11.8 Å². The van der Waals surface area contributed by atoms with Crippen LogP contribution in [0.1, 0.15) is 31.4 Å². The van der Waals surface area contributed by atoms with Gasteiger partial charge in [-0.3, -0.25) is 24.2 Å². The molecule has 0 N–H and O–H groups in total. The number of imide groups is 2. The Morgan fingerprint density at radius 3 is 1.59 bits per heavy atom. The summed E-state index contributed by atoms with van der Waals surface area (Å²) in [5.74, 6) is -3.38. The predicted octanol–water partition coefficient (Wildman–Crippen LogP) is 3.41. The molecule has 3 rings (SSSR count). The highest BCUT2D eigenvalue weighted by Gasteiger charge is 2.48. The van der Waals surface area contributed by atoms with Crippen molar-refractivity contribution in [3.05, 3.63) is 71.8 Å². The zero-order valence-corrected chi connectivity index (χ0v) is 16.6. The molecule has 2 aromatic rings. The smallest absolute Gasteiger partial charge is 0.298 e. The summed E-state index contributed by atoms with van der Waals surface area (Å²) in [4.78, 5) is 53.8. The molecule has 0 bridgehead atoms. The summed E-state index contributed by atoms with van der Waals surface area (Å²) in [5, 5.41) is 0. The van der Waals surface area contributed by atoms with Crippen molar-refractivity contribution in [2.75, 3.05) is 0 Å². The third kappa shape index (κ3) is 4.59. The molecule has 1 heterocycles. The molecule has 0 saturated carbocycles. The Hall–Kier alpha value is -3.28. The van der Waals surface area contributed by atoms with Crippen LogP contribution in [-0.4, -0.2) is 33.4 Å². The number of carbonyl (C=O) groups is 4. The van der Waals surface area contributed by atoms with Crippen molar-refractivity contribution in [3.8, 4) is 0 Å². The van der Waals surface area contributed by atoms with Crippen molar-refractivity contribution in [3.63, 3.8) is 0 Å². The second-order valence-corrected chi connectivity index (χ2v) is 7.60. The Bertz CT molecular complexity index is 845. The number of carbonyl (C=O) groups excluding carboxylic acids is 4. The lowest BCUT2D eigenvalue weighted by Gasteiger charge is -2.36. The zero-order chi connectivity index (χ0) is 21.0. The van der Waals surface area contributed by atoms with Gasteiger partial charge in [-0.2, -0.15) is 0 Å². The molecule has 6 heteroatoms. The number of amides is 4. The van der Waals surface area contributed by atoms with E-state index < -0.39 is 29.5 Å². The maximum absolute atomic E-state index is 13.0. The third-order valence-corrected chi connectivity index (χ3v) is 4.79. The van der Waals surface area contributed by atoms with Crippen LogP contribution in [0.25, 0.3) is 0 Å². The average molecular weight is 392 g/mol. The van der Waals surface area contributed by atoms with Crippen LogP contribution in [0.5, 0.6) is 0 Å². The molecular weight excluding hydrogens is 368 g/mol. The zero-order valence-electron chi connectivity index (χ0n) is 16.6. The minimum absolute atomic E-state index is 0.00544. The highest BCUT2D eigenvalue weighted by Crippen LogP contribution is 2.25. The quantitative estimate of drug-likeness (QED) is 0.677. The molecule has 0 radical (unpaired) electrons. The number of benzene rings is 2. The molecule has 2 aromatic carbocycles. The number of hydrogen-bond donors (Lipinski definition) is 0. The van der Waals surface area contributed by atoms with Crippen LogP contribution in [0.15, 0.2) is 60.7 Å². The van der Waals surface area contributed by atoms with E-state index in [4.69, 9.17) is 0 Å². The van der Waals surface area contributed by atoms with Gasteiger partial charge >= 0.3 is 6.03 Å². The number of barbiturate groups is 1. The summed E-state index contributed by atoms with van der Waals surface area (Å²) in [5.41, 5.74) is 1.50. The van der Waals surface area contributed by atoms with Crippen LogP contribution in [-0.2, 0) is 27.5 Å². The summed E-state index contributed by atoms with van der Waals surface area (Å²) in [6.07, 6.45) is 0.106. The summed E-state index contributed by atoms with van der Waals surface area (Å²) in [7, 11) is 0. The van der Waals surface area contributed by atoms with Gasteiger partial charge in [0.2, 0.25) is 0 Å². The van der Waals surface area contributed by atoms with E-state index in [1.54, 1.807) is 24.3 Å². The van der Waals surface area contributed by atoms with Crippen molar-refractivity contribution in [2.45, 2.75) is 33.4 Å². The van der Waals surface area contributed by atoms with E-state index in [-0.39, 0.29) is 25.4 Å². The maximum atomic E-state index is 13.0. The van der Waals surface area contributed by atoms with E-state index in [9.17, 15) is 19.2 Å². The second-order valence-electron chi connectivity index (χ2n) is 7.60. The van der Waals surface area contributed by atoms with E-state index in [0.29, 0.717) is 0 Å². The Morgan fingerprint density at radius 2 is 1.21 bits per heavy atom. The largest absolute Gasteiger partial charge is 0.334 e. The first-order valence-electron chi connectivity index (χ1n) is 9.65. The molecule has 0 aromatic heterocycles. The Kier molecular flexibility index (Phi) is 6.22. The van der Waals surface area contributed by atoms with Gasteiger partial charge in [-0.05, 0) is 17.0 Å². The van der Waals surface area contributed by atoms with E-state index in [2.05, 4.69) is 0 Å². The van der Waals surface area contributed by atoms with E-state index in [1.165, 1.54) is 0 Å². The van der Waals surface area contributed by atoms with Gasteiger partial charge in [0.05, 0.1) is 13.1 Å². The lowest BCUT2D eigenvalue weighted by Crippen LogP contribution is -2.60. The van der Waals surface area contributed by atoms with Crippen LogP contribution >= 0.6 is 0 Å². The number of hydrogen-bond acceptors (Lipinski definition) is 4. The molecule has 0 spiro atoms. The van der Waals surface area contributed by atoms with Crippen molar-refractivity contribution in [1.29, 1.82) is 0 Å². The number of nitrogens with zero attached hydrogens (tertiary/aromatic N) is 2. The fraction of sp³-hybridized carbons (Fsp3) is 0.304. The molecule has 1 fully saturated rings. The van der Waals surface area contributed by atoms with Gasteiger partial charge in [0, 0.05) is 6.42 Å². The molecule has 4 amide bonds. The van der Waals surface area contributed by atoms with E-state index in [0.717, 1.165) is 20.9 Å². The molecule has 0 unspecified atom stereocenters. The third-order valence-electron chi connectivity index (χ3n) is 4.79. The topological polar surface area (TPSA) is 74.8 Å². The number of Topliss-reactive ketones (excluding diaryl/α,β-unsaturated/α-hetero) is 1. The number of urea groups is 1. The minimum atomic E-state index is -1.47. The molecule has 0 atom stereocenters. The van der Waals surface area contributed by atoms with Crippen LogP contribution in [0, 0.1) is 11.8 Å². The molecule has 29 heavy (non-hydrogen) atoms. The van der Waals surface area contributed by atoms with Gasteiger partial charge in [0.15, 0.2) is 11.7 Å². The fourth-order valence-corrected chi connectivity index (χ4v) is 3.37. The highest BCUT2D eigenvalue weighted by molar-refractivity contribution is 6.26. The second kappa shape index (κ2) is 8.82. The van der Waals surface area contributed by atoms with Gasteiger partial charge < -0.3 is 0 Å². The molecular formula is C23H24N2O4. The molecule has 1 saturated heterocycles. The molecule has 150 valence electrons. The molecule has 6 nitrogen and oxygen atoms in total. The van der Waals surface area contributed by atoms with Crippen LogP contribution in [0.3, 0.4) is 0 Å². The average Bonchev–Trinajstić information content (AvgIpc) is 2.69. The summed E-state index contributed by atoms with van der Waals surface area (Å²) in [6, 6.07) is 17.4. The van der Waals surface area contributed by atoms with Crippen LogP contribution < -0.4 is 0 Å². The van der Waals surface area contributed by atoms with Gasteiger partial charge in [-0.25, -0.2) is 4.79 Å². The Morgan fingerprint density at radius 1 is 0.793 bits per heavy atom. The minimum Gasteiger partial charge on any atom is -0.298 e. The summed E-state index contributed by atoms with van der Waals surface area (Å²) < 4.78 is 0. The Labute approximate surface area is 170 Å². The first kappa shape index (κ1) is 20.5. The Balaban J connectivity index is 1.94. The van der Waals surface area contributed by atoms with Gasteiger partial charge in [0.25, 0.3) is 11.8 Å². The van der Waals surface area contributed by atoms with E-state index in [1.807, 2.05) is 50.2 Å². The molecule has 1 aliphatic heterocycles. The molecule has 0 aliphatic carbocycles. The highest BCUT2D eigenvalue weighted by atomic mass is 16.2. The number of ketones is 1. The predicted molar refractivity (Wildman–Crippen MR) is 107 cm³/mol. The normalized spacial score (nSPS) is 15.3. The fourth-order valence-electron chi connectivity index (χ4n) is 3.37. The van der Waals surface area contributed by atoms with E-state index >= 15 is 0 Å². The lowest BCUT2D eigenvalue weighted by atomic mass is 9.92. The van der Waals surface area contributed by atoms with Gasteiger partial charge in [-0.15, -0.1) is 0 Å². The van der Waals surface area contributed by atoms with Crippen molar-refractivity contribution >= 4 is 23.6 Å². The first-order valence-corrected chi connectivity index (χ1v) is 9.65. The van der Waals surface area contributed by atoms with Crippen molar-refractivity contribution in [1.82, 2.24) is 9.80 Å². The van der Waals surface area contributed by atoms with Gasteiger partial charge in [0.1, 0.15) is 0 Å².